The number of amides is 1. The molecule has 0 aliphatic carbocycles. The fraction of sp³-hybridized carbons (Fsp3) is 0.357. The van der Waals surface area contributed by atoms with Crippen LogP contribution in [0.1, 0.15) is 17.8 Å². The number of thioether (sulfide) groups is 1. The topological polar surface area (TPSA) is 55.3 Å². The number of carbonyl (C=O) groups excluding carboxylic acids is 1. The number of anilines is 1. The van der Waals surface area contributed by atoms with Crippen molar-refractivity contribution in [3.05, 3.63) is 29.3 Å². The second kappa shape index (κ2) is 6.44. The van der Waals surface area contributed by atoms with E-state index >= 15 is 0 Å². The molecule has 0 radical (unpaired) electrons. The predicted molar refractivity (Wildman–Crippen MR) is 84.1 cm³/mol. The lowest BCUT2D eigenvalue weighted by Gasteiger charge is -2.15. The third-order valence-corrected chi connectivity index (χ3v) is 5.08. The van der Waals surface area contributed by atoms with Crippen LogP contribution in [0.15, 0.2) is 28.6 Å². The minimum absolute atomic E-state index is 0.196. The molecule has 0 saturated carbocycles. The maximum absolute atomic E-state index is 11.7. The van der Waals surface area contributed by atoms with E-state index < -0.39 is 0 Å². The Morgan fingerprint density at radius 3 is 2.76 bits per heavy atom. The highest BCUT2D eigenvalue weighted by atomic mass is 32.2. The molecule has 0 bridgehead atoms. The Kier molecular flexibility index (Phi) is 4.40. The highest BCUT2D eigenvalue weighted by Gasteiger charge is 2.21. The van der Waals surface area contributed by atoms with Crippen molar-refractivity contribution in [2.45, 2.75) is 23.8 Å². The van der Waals surface area contributed by atoms with Crippen LogP contribution in [0.25, 0.3) is 0 Å². The monoisotopic (exact) mass is 321 g/mol. The minimum atomic E-state index is 0.196. The van der Waals surface area contributed by atoms with Gasteiger partial charge >= 0.3 is 0 Å². The zero-order valence-corrected chi connectivity index (χ0v) is 13.2. The Balaban J connectivity index is 1.60. The number of ether oxygens (including phenoxy) is 1. The molecule has 5 nitrogen and oxygen atoms in total. The normalized spacial score (nSPS) is 14.7. The number of hydrogen-bond donors (Lipinski definition) is 0. The summed E-state index contributed by atoms with van der Waals surface area (Å²) in [6.45, 7) is 1.22. The van der Waals surface area contributed by atoms with Gasteiger partial charge in [0.05, 0.1) is 0 Å². The lowest BCUT2D eigenvalue weighted by molar-refractivity contribution is -0.117. The maximum atomic E-state index is 11.7. The van der Waals surface area contributed by atoms with Gasteiger partial charge in [-0.3, -0.25) is 4.79 Å². The molecule has 0 atom stereocenters. The largest absolute Gasteiger partial charge is 0.486 e. The molecule has 1 aliphatic heterocycles. The maximum Gasteiger partial charge on any atom is 0.227 e. The van der Waals surface area contributed by atoms with Gasteiger partial charge in [-0.15, -0.1) is 10.2 Å². The van der Waals surface area contributed by atoms with Crippen molar-refractivity contribution in [3.8, 4) is 5.75 Å². The van der Waals surface area contributed by atoms with E-state index in [-0.39, 0.29) is 5.91 Å². The van der Waals surface area contributed by atoms with Crippen LogP contribution in [0.5, 0.6) is 5.75 Å². The summed E-state index contributed by atoms with van der Waals surface area (Å²) >= 11 is 3.12. The van der Waals surface area contributed by atoms with Crippen molar-refractivity contribution in [2.75, 3.05) is 17.7 Å². The van der Waals surface area contributed by atoms with Crippen LogP contribution in [0, 0.1) is 0 Å². The SMILES string of the molecule is CSc1nnc(COc2ccc(N3CCCC3=O)cc2)s1. The molecule has 110 valence electrons. The van der Waals surface area contributed by atoms with Crippen LogP contribution in [0.4, 0.5) is 5.69 Å². The van der Waals surface area contributed by atoms with Crippen LogP contribution in [0.3, 0.4) is 0 Å². The van der Waals surface area contributed by atoms with Crippen LogP contribution in [0.2, 0.25) is 0 Å². The fourth-order valence-electron chi connectivity index (χ4n) is 2.17. The molecule has 1 amide bonds. The van der Waals surface area contributed by atoms with E-state index in [0.29, 0.717) is 13.0 Å². The molecular formula is C14H15N3O2S2. The standard InChI is InChI=1S/C14H15N3O2S2/c1-20-14-16-15-12(21-14)9-19-11-6-4-10(5-7-11)17-8-2-3-13(17)18/h4-7H,2-3,8-9H2,1H3. The number of benzene rings is 1. The van der Waals surface area contributed by atoms with Gasteiger partial charge in [0.2, 0.25) is 5.91 Å². The molecule has 2 heterocycles. The second-order valence-electron chi connectivity index (χ2n) is 4.60. The van der Waals surface area contributed by atoms with Gasteiger partial charge in [0.15, 0.2) is 9.35 Å². The summed E-state index contributed by atoms with van der Waals surface area (Å²) in [7, 11) is 0. The third-order valence-electron chi connectivity index (χ3n) is 3.21. The van der Waals surface area contributed by atoms with E-state index in [9.17, 15) is 4.79 Å². The van der Waals surface area contributed by atoms with Crippen molar-refractivity contribution in [1.29, 1.82) is 0 Å². The van der Waals surface area contributed by atoms with Crippen molar-refractivity contribution in [3.63, 3.8) is 0 Å². The molecule has 0 N–H and O–H groups in total. The summed E-state index contributed by atoms with van der Waals surface area (Å²) in [6.07, 6.45) is 3.56. The first-order chi connectivity index (χ1) is 10.3. The van der Waals surface area contributed by atoms with E-state index in [0.717, 1.165) is 33.7 Å². The number of nitrogens with zero attached hydrogens (tertiary/aromatic N) is 3. The van der Waals surface area contributed by atoms with Crippen LogP contribution >= 0.6 is 23.1 Å². The van der Waals surface area contributed by atoms with Crippen molar-refractivity contribution >= 4 is 34.7 Å². The predicted octanol–water partition coefficient (Wildman–Crippen LogP) is 2.97. The Hall–Kier alpha value is -1.60. The van der Waals surface area contributed by atoms with E-state index in [1.165, 1.54) is 11.3 Å². The van der Waals surface area contributed by atoms with Crippen molar-refractivity contribution in [2.24, 2.45) is 0 Å². The second-order valence-corrected chi connectivity index (χ2v) is 6.71. The average Bonchev–Trinajstić information content (AvgIpc) is 3.14. The minimum Gasteiger partial charge on any atom is -0.486 e. The average molecular weight is 321 g/mol. The highest BCUT2D eigenvalue weighted by Crippen LogP contribution is 2.25. The Labute approximate surface area is 131 Å². The first kappa shape index (κ1) is 14.3. The Morgan fingerprint density at radius 2 is 2.14 bits per heavy atom. The lowest BCUT2D eigenvalue weighted by Crippen LogP contribution is -2.23. The number of rotatable bonds is 5. The lowest BCUT2D eigenvalue weighted by atomic mass is 10.3. The van der Waals surface area contributed by atoms with Crippen LogP contribution < -0.4 is 9.64 Å². The van der Waals surface area contributed by atoms with Gasteiger partial charge in [-0.25, -0.2) is 0 Å². The Morgan fingerprint density at radius 1 is 1.33 bits per heavy atom. The van der Waals surface area contributed by atoms with Crippen molar-refractivity contribution in [1.82, 2.24) is 10.2 Å². The third kappa shape index (κ3) is 3.36. The van der Waals surface area contributed by atoms with Crippen molar-refractivity contribution < 1.29 is 9.53 Å². The molecular weight excluding hydrogens is 306 g/mol. The number of aromatic nitrogens is 2. The number of hydrogen-bond acceptors (Lipinski definition) is 6. The summed E-state index contributed by atoms with van der Waals surface area (Å²) in [5, 5.41) is 8.95. The summed E-state index contributed by atoms with van der Waals surface area (Å²) < 4.78 is 6.63. The van der Waals surface area contributed by atoms with Gasteiger partial charge in [-0.05, 0) is 36.9 Å². The first-order valence-corrected chi connectivity index (χ1v) is 8.70. The Bertz CT molecular complexity index is 627. The molecule has 3 rings (SSSR count). The van der Waals surface area contributed by atoms with Gasteiger partial charge in [0.1, 0.15) is 12.4 Å². The van der Waals surface area contributed by atoms with Crippen LogP contribution in [-0.4, -0.2) is 28.9 Å². The smallest absolute Gasteiger partial charge is 0.227 e. The van der Waals surface area contributed by atoms with E-state index in [4.69, 9.17) is 4.74 Å². The summed E-state index contributed by atoms with van der Waals surface area (Å²) in [5.41, 5.74) is 0.936. The molecule has 1 fully saturated rings. The van der Waals surface area contributed by atoms with Gasteiger partial charge < -0.3 is 9.64 Å². The van der Waals surface area contributed by atoms with E-state index in [2.05, 4.69) is 10.2 Å². The van der Waals surface area contributed by atoms with Gasteiger partial charge in [0, 0.05) is 18.7 Å². The molecule has 1 aromatic heterocycles. The zero-order valence-electron chi connectivity index (χ0n) is 11.6. The number of carbonyl (C=O) groups is 1. The fourth-order valence-corrected chi connectivity index (χ4v) is 3.39. The summed E-state index contributed by atoms with van der Waals surface area (Å²) in [6, 6.07) is 7.62. The zero-order chi connectivity index (χ0) is 14.7. The molecule has 0 spiro atoms. The molecule has 1 saturated heterocycles. The first-order valence-electron chi connectivity index (χ1n) is 6.66. The highest BCUT2D eigenvalue weighted by molar-refractivity contribution is 8.00. The summed E-state index contributed by atoms with van der Waals surface area (Å²) in [5.74, 6) is 0.966. The molecule has 21 heavy (non-hydrogen) atoms. The van der Waals surface area contributed by atoms with E-state index in [1.807, 2.05) is 35.4 Å². The molecule has 1 aromatic carbocycles. The quantitative estimate of drug-likeness (QED) is 0.793. The van der Waals surface area contributed by atoms with Crippen LogP contribution in [-0.2, 0) is 11.4 Å². The van der Waals surface area contributed by atoms with Gasteiger partial charge in [-0.1, -0.05) is 23.1 Å². The van der Waals surface area contributed by atoms with E-state index in [1.54, 1.807) is 11.8 Å². The molecule has 1 aliphatic rings. The van der Waals surface area contributed by atoms with Gasteiger partial charge in [0.25, 0.3) is 0 Å². The molecule has 0 unspecified atom stereocenters. The molecule has 2 aromatic rings. The molecule has 7 heteroatoms. The summed E-state index contributed by atoms with van der Waals surface area (Å²) in [4.78, 5) is 13.5. The van der Waals surface area contributed by atoms with Gasteiger partial charge in [-0.2, -0.15) is 0 Å².